The Labute approximate surface area is 98.4 Å². The van der Waals surface area contributed by atoms with Crippen LogP contribution in [0.2, 0.25) is 0 Å². The molecule has 0 aliphatic rings. The summed E-state index contributed by atoms with van der Waals surface area (Å²) < 4.78 is 30.7. The molecule has 0 aliphatic carbocycles. The molecular formula is C11H16F2N2O2. The molecule has 0 amide bonds. The van der Waals surface area contributed by atoms with Crippen LogP contribution in [-0.2, 0) is 4.74 Å². The topological polar surface area (TPSA) is 67.5 Å². The molecule has 0 heterocycles. The summed E-state index contributed by atoms with van der Waals surface area (Å²) in [6.45, 7) is 0.562. The number of nitrogen functional groups attached to an aromatic ring is 1. The van der Waals surface area contributed by atoms with E-state index in [1.807, 2.05) is 0 Å². The molecule has 17 heavy (non-hydrogen) atoms. The molecule has 1 rings (SSSR count). The average molecular weight is 246 g/mol. The average Bonchev–Trinajstić information content (AvgIpc) is 2.25. The lowest BCUT2D eigenvalue weighted by molar-refractivity contribution is 0.0615. The minimum Gasteiger partial charge on any atom is -0.395 e. The lowest BCUT2D eigenvalue weighted by Crippen LogP contribution is -2.18. The van der Waals surface area contributed by atoms with Gasteiger partial charge in [-0.3, -0.25) is 0 Å². The van der Waals surface area contributed by atoms with Gasteiger partial charge in [-0.05, 0) is 12.5 Å². The van der Waals surface area contributed by atoms with Crippen LogP contribution in [0.15, 0.2) is 12.1 Å². The fourth-order valence-electron chi connectivity index (χ4n) is 1.38. The molecule has 0 aliphatic heterocycles. The van der Waals surface area contributed by atoms with Crippen LogP contribution in [-0.4, -0.2) is 31.5 Å². The minimum atomic E-state index is -0.801. The smallest absolute Gasteiger partial charge is 0.151 e. The summed E-state index contributed by atoms with van der Waals surface area (Å²) in [4.78, 5) is 0. The molecule has 6 heteroatoms. The predicted octanol–water partition coefficient (Wildman–Crippen LogP) is 1.36. The first-order valence-electron chi connectivity index (χ1n) is 5.20. The summed E-state index contributed by atoms with van der Waals surface area (Å²) >= 11 is 0. The Bertz CT molecular complexity index is 375. The monoisotopic (exact) mass is 246 g/mol. The number of hydrogen-bond acceptors (Lipinski definition) is 4. The number of benzene rings is 1. The predicted molar refractivity (Wildman–Crippen MR) is 61.8 cm³/mol. The number of hydrogen-bond donors (Lipinski definition) is 3. The second-order valence-corrected chi connectivity index (χ2v) is 3.67. The molecule has 1 unspecified atom stereocenters. The number of anilines is 2. The highest BCUT2D eigenvalue weighted by molar-refractivity contribution is 5.66. The largest absolute Gasteiger partial charge is 0.395 e. The Morgan fingerprint density at radius 2 is 2.18 bits per heavy atom. The van der Waals surface area contributed by atoms with E-state index >= 15 is 0 Å². The van der Waals surface area contributed by atoms with Gasteiger partial charge in [-0.2, -0.15) is 0 Å². The van der Waals surface area contributed by atoms with E-state index in [2.05, 4.69) is 5.32 Å². The van der Waals surface area contributed by atoms with Gasteiger partial charge in [0.05, 0.1) is 24.1 Å². The summed E-state index contributed by atoms with van der Waals surface area (Å²) in [5, 5.41) is 12.1. The van der Waals surface area contributed by atoms with Crippen molar-refractivity contribution in [2.24, 2.45) is 0 Å². The maximum absolute atomic E-state index is 13.1. The van der Waals surface area contributed by atoms with Gasteiger partial charge >= 0.3 is 0 Å². The Kier molecular flexibility index (Phi) is 5.11. The number of ether oxygens (including phenoxy) is 1. The molecule has 0 saturated heterocycles. The zero-order chi connectivity index (χ0) is 12.8. The van der Waals surface area contributed by atoms with Crippen LogP contribution < -0.4 is 11.1 Å². The van der Waals surface area contributed by atoms with Crippen LogP contribution in [0.4, 0.5) is 20.2 Å². The lowest BCUT2D eigenvalue weighted by atomic mass is 10.2. The molecule has 4 nitrogen and oxygen atoms in total. The number of nitrogens with one attached hydrogen (secondary N) is 1. The van der Waals surface area contributed by atoms with Gasteiger partial charge in [0, 0.05) is 19.7 Å². The van der Waals surface area contributed by atoms with Gasteiger partial charge in [0.1, 0.15) is 5.82 Å². The highest BCUT2D eigenvalue weighted by Crippen LogP contribution is 2.23. The Balaban J connectivity index is 2.52. The van der Waals surface area contributed by atoms with E-state index in [4.69, 9.17) is 10.5 Å². The SMILES string of the molecule is COCC(O)CCNc1cc(F)cc(F)c1N. The van der Waals surface area contributed by atoms with E-state index in [1.54, 1.807) is 0 Å². The van der Waals surface area contributed by atoms with Gasteiger partial charge in [0.15, 0.2) is 5.82 Å². The number of aliphatic hydroxyl groups excluding tert-OH is 1. The number of rotatable bonds is 6. The fraction of sp³-hybridized carbons (Fsp3) is 0.455. The standard InChI is InChI=1S/C11H16F2N2O2/c1-17-6-8(16)2-3-15-10-5-7(12)4-9(13)11(10)14/h4-5,8,15-16H,2-3,6,14H2,1H3. The van der Waals surface area contributed by atoms with Crippen LogP contribution in [0.25, 0.3) is 0 Å². The zero-order valence-corrected chi connectivity index (χ0v) is 9.54. The second-order valence-electron chi connectivity index (χ2n) is 3.67. The normalized spacial score (nSPS) is 12.5. The third-order valence-electron chi connectivity index (χ3n) is 2.25. The number of methoxy groups -OCH3 is 1. The molecule has 0 saturated carbocycles. The highest BCUT2D eigenvalue weighted by Gasteiger charge is 2.08. The van der Waals surface area contributed by atoms with Crippen molar-refractivity contribution in [1.29, 1.82) is 0 Å². The van der Waals surface area contributed by atoms with Crippen LogP contribution >= 0.6 is 0 Å². The van der Waals surface area contributed by atoms with Crippen LogP contribution in [0, 0.1) is 11.6 Å². The van der Waals surface area contributed by atoms with Gasteiger partial charge in [0.25, 0.3) is 0 Å². The van der Waals surface area contributed by atoms with Crippen molar-refractivity contribution in [2.45, 2.75) is 12.5 Å². The van der Waals surface area contributed by atoms with Crippen molar-refractivity contribution in [2.75, 3.05) is 31.3 Å². The van der Waals surface area contributed by atoms with Crippen molar-refractivity contribution in [3.05, 3.63) is 23.8 Å². The van der Waals surface area contributed by atoms with E-state index in [0.717, 1.165) is 12.1 Å². The summed E-state index contributed by atoms with van der Waals surface area (Å²) in [6.07, 6.45) is -0.224. The van der Waals surface area contributed by atoms with Gasteiger partial charge < -0.3 is 20.9 Å². The van der Waals surface area contributed by atoms with Gasteiger partial charge in [-0.1, -0.05) is 0 Å². The number of halogens is 2. The van der Waals surface area contributed by atoms with Crippen LogP contribution in [0.5, 0.6) is 0 Å². The van der Waals surface area contributed by atoms with Crippen molar-refractivity contribution in [3.8, 4) is 0 Å². The first-order chi connectivity index (χ1) is 8.04. The first-order valence-corrected chi connectivity index (χ1v) is 5.20. The summed E-state index contributed by atoms with van der Waals surface area (Å²) in [6, 6.07) is 1.83. The quantitative estimate of drug-likeness (QED) is 0.663. The molecule has 0 bridgehead atoms. The van der Waals surface area contributed by atoms with Gasteiger partial charge in [0.2, 0.25) is 0 Å². The second kappa shape index (κ2) is 6.36. The van der Waals surface area contributed by atoms with Crippen molar-refractivity contribution in [1.82, 2.24) is 0 Å². The molecule has 0 spiro atoms. The van der Waals surface area contributed by atoms with E-state index in [1.165, 1.54) is 7.11 Å². The maximum Gasteiger partial charge on any atom is 0.151 e. The van der Waals surface area contributed by atoms with E-state index in [9.17, 15) is 13.9 Å². The summed E-state index contributed by atoms with van der Waals surface area (Å²) in [5.74, 6) is -1.50. The van der Waals surface area contributed by atoms with E-state index in [0.29, 0.717) is 13.0 Å². The Hall–Kier alpha value is -1.40. The first kappa shape index (κ1) is 13.7. The Morgan fingerprint density at radius 3 is 2.82 bits per heavy atom. The summed E-state index contributed by atoms with van der Waals surface area (Å²) in [5.41, 5.74) is 5.49. The van der Waals surface area contributed by atoms with Crippen LogP contribution in [0.1, 0.15) is 6.42 Å². The number of aliphatic hydroxyl groups is 1. The van der Waals surface area contributed by atoms with Crippen LogP contribution in [0.3, 0.4) is 0 Å². The molecule has 96 valence electrons. The minimum absolute atomic E-state index is 0.132. The highest BCUT2D eigenvalue weighted by atomic mass is 19.1. The molecule has 0 aromatic heterocycles. The summed E-state index contributed by atoms with van der Waals surface area (Å²) in [7, 11) is 1.48. The third-order valence-corrected chi connectivity index (χ3v) is 2.25. The Morgan fingerprint density at radius 1 is 1.47 bits per heavy atom. The number of nitrogens with two attached hydrogens (primary N) is 1. The van der Waals surface area contributed by atoms with Crippen molar-refractivity contribution >= 4 is 11.4 Å². The van der Waals surface area contributed by atoms with Gasteiger partial charge in [-0.15, -0.1) is 0 Å². The van der Waals surface area contributed by atoms with E-state index in [-0.39, 0.29) is 18.0 Å². The maximum atomic E-state index is 13.1. The molecular weight excluding hydrogens is 230 g/mol. The molecule has 4 N–H and O–H groups in total. The van der Waals surface area contributed by atoms with Crippen molar-refractivity contribution in [3.63, 3.8) is 0 Å². The molecule has 1 aromatic carbocycles. The zero-order valence-electron chi connectivity index (χ0n) is 9.54. The van der Waals surface area contributed by atoms with E-state index < -0.39 is 17.7 Å². The molecule has 1 aromatic rings. The molecule has 0 radical (unpaired) electrons. The lowest BCUT2D eigenvalue weighted by Gasteiger charge is -2.12. The van der Waals surface area contributed by atoms with Gasteiger partial charge in [-0.25, -0.2) is 8.78 Å². The molecule has 0 fully saturated rings. The molecule has 1 atom stereocenters. The third kappa shape index (κ3) is 4.16. The fourth-order valence-corrected chi connectivity index (χ4v) is 1.38. The van der Waals surface area contributed by atoms with Crippen molar-refractivity contribution < 1.29 is 18.6 Å².